The molecule has 0 spiro atoms. The summed E-state index contributed by atoms with van der Waals surface area (Å²) in [6.45, 7) is 4.58. The van der Waals surface area contributed by atoms with Crippen LogP contribution in [0.15, 0.2) is 54.6 Å². The van der Waals surface area contributed by atoms with Crippen LogP contribution >= 0.6 is 0 Å². The van der Waals surface area contributed by atoms with E-state index in [1.165, 1.54) is 24.5 Å². The van der Waals surface area contributed by atoms with Crippen molar-refractivity contribution in [2.24, 2.45) is 5.92 Å². The highest BCUT2D eigenvalue weighted by molar-refractivity contribution is 5.65. The molecule has 0 radical (unpaired) electrons. The van der Waals surface area contributed by atoms with E-state index >= 15 is 8.78 Å². The molecule has 0 atom stereocenters. The van der Waals surface area contributed by atoms with Crippen molar-refractivity contribution >= 4 is 0 Å². The molecule has 3 aromatic carbocycles. The molecule has 1 aliphatic carbocycles. The lowest BCUT2D eigenvalue weighted by Crippen LogP contribution is -2.15. The van der Waals surface area contributed by atoms with Crippen molar-refractivity contribution in [1.29, 1.82) is 0 Å². The van der Waals surface area contributed by atoms with Gasteiger partial charge in [-0.2, -0.15) is 0 Å². The van der Waals surface area contributed by atoms with Crippen LogP contribution in [0.3, 0.4) is 0 Å². The second kappa shape index (κ2) is 13.2. The van der Waals surface area contributed by atoms with Gasteiger partial charge in [-0.1, -0.05) is 62.2 Å². The van der Waals surface area contributed by atoms with Gasteiger partial charge >= 0.3 is 0 Å². The van der Waals surface area contributed by atoms with Crippen LogP contribution in [0.2, 0.25) is 0 Å². The van der Waals surface area contributed by atoms with E-state index in [1.54, 1.807) is 12.1 Å². The molecule has 198 valence electrons. The minimum Gasteiger partial charge on any atom is -0.494 e. The Morgan fingerprint density at radius 1 is 0.784 bits per heavy atom. The lowest BCUT2D eigenvalue weighted by atomic mass is 9.76. The summed E-state index contributed by atoms with van der Waals surface area (Å²) in [5.74, 6) is -0.602. The van der Waals surface area contributed by atoms with Gasteiger partial charge in [0.25, 0.3) is 0 Å². The first-order chi connectivity index (χ1) is 18.0. The summed E-state index contributed by atoms with van der Waals surface area (Å²) in [7, 11) is 0. The molecule has 0 aromatic heterocycles. The van der Waals surface area contributed by atoms with Crippen LogP contribution in [0.1, 0.15) is 87.8 Å². The molecule has 0 bridgehead atoms. The molecular weight excluding hydrogens is 469 g/mol. The van der Waals surface area contributed by atoms with Gasteiger partial charge in [0.05, 0.1) is 6.61 Å². The van der Waals surface area contributed by atoms with Crippen molar-refractivity contribution in [3.63, 3.8) is 0 Å². The Bertz CT molecular complexity index is 1150. The number of rotatable bonds is 11. The Morgan fingerprint density at radius 3 is 2.22 bits per heavy atom. The van der Waals surface area contributed by atoms with Crippen molar-refractivity contribution in [2.45, 2.75) is 84.0 Å². The summed E-state index contributed by atoms with van der Waals surface area (Å²) in [6, 6.07) is 16.5. The van der Waals surface area contributed by atoms with Gasteiger partial charge in [0.1, 0.15) is 11.6 Å². The molecule has 1 aliphatic rings. The molecule has 4 rings (SSSR count). The third-order valence-corrected chi connectivity index (χ3v) is 7.89. The average Bonchev–Trinajstić information content (AvgIpc) is 2.91. The first kappa shape index (κ1) is 27.3. The van der Waals surface area contributed by atoms with E-state index in [-0.39, 0.29) is 11.7 Å². The van der Waals surface area contributed by atoms with Crippen LogP contribution in [0.25, 0.3) is 11.1 Å². The highest BCUT2D eigenvalue weighted by Gasteiger charge is 2.26. The number of hydrogen-bond donors (Lipinski definition) is 0. The van der Waals surface area contributed by atoms with E-state index in [1.807, 2.05) is 43.3 Å². The van der Waals surface area contributed by atoms with E-state index < -0.39 is 11.6 Å². The standard InChI is InChI=1S/C33H39F3O/c1-3-5-6-7-23-8-13-25(14-9-23)29-20-21-30(33(36)32(29)35)26-15-10-24(11-16-26)12-17-27-18-19-28(37-4-2)22-31(27)34/h8-9,13-14,18-22,24,26H,3-7,10-12,15-17H2,1-2H3. The summed E-state index contributed by atoms with van der Waals surface area (Å²) >= 11 is 0. The summed E-state index contributed by atoms with van der Waals surface area (Å²) in [6.07, 6.45) is 9.70. The average molecular weight is 509 g/mol. The quantitative estimate of drug-likeness (QED) is 0.234. The van der Waals surface area contributed by atoms with Gasteiger partial charge in [0, 0.05) is 11.6 Å². The van der Waals surface area contributed by atoms with E-state index in [9.17, 15) is 4.39 Å². The number of benzene rings is 3. The molecule has 3 aromatic rings. The fourth-order valence-corrected chi connectivity index (χ4v) is 5.64. The SMILES string of the molecule is CCCCCc1ccc(-c2ccc(C3CCC(CCc4ccc(OCC)cc4F)CC3)c(F)c2F)cc1. The Labute approximate surface area is 220 Å². The van der Waals surface area contributed by atoms with Crippen LogP contribution < -0.4 is 4.74 Å². The molecule has 0 unspecified atom stereocenters. The van der Waals surface area contributed by atoms with Crippen molar-refractivity contribution in [3.05, 3.63) is 88.7 Å². The molecule has 0 saturated heterocycles. The first-order valence-electron chi connectivity index (χ1n) is 14.0. The molecule has 0 amide bonds. The van der Waals surface area contributed by atoms with E-state index in [0.717, 1.165) is 44.9 Å². The summed E-state index contributed by atoms with van der Waals surface area (Å²) in [5.41, 5.74) is 3.48. The second-order valence-electron chi connectivity index (χ2n) is 10.4. The first-order valence-corrected chi connectivity index (χ1v) is 14.0. The minimum atomic E-state index is -0.746. The van der Waals surface area contributed by atoms with Gasteiger partial charge in [-0.05, 0) is 98.4 Å². The summed E-state index contributed by atoms with van der Waals surface area (Å²) in [5, 5.41) is 0. The zero-order chi connectivity index (χ0) is 26.2. The molecule has 0 heterocycles. The molecule has 1 nitrogen and oxygen atoms in total. The van der Waals surface area contributed by atoms with Gasteiger partial charge < -0.3 is 4.74 Å². The maximum absolute atomic E-state index is 15.2. The smallest absolute Gasteiger partial charge is 0.166 e. The third-order valence-electron chi connectivity index (χ3n) is 7.89. The summed E-state index contributed by atoms with van der Waals surface area (Å²) in [4.78, 5) is 0. The number of halogens is 3. The third kappa shape index (κ3) is 6.97. The molecule has 1 saturated carbocycles. The monoisotopic (exact) mass is 508 g/mol. The zero-order valence-corrected chi connectivity index (χ0v) is 22.2. The van der Waals surface area contributed by atoms with Crippen molar-refractivity contribution < 1.29 is 17.9 Å². The summed E-state index contributed by atoms with van der Waals surface area (Å²) < 4.78 is 50.1. The Hall–Kier alpha value is -2.75. The van der Waals surface area contributed by atoms with Crippen LogP contribution in [0.5, 0.6) is 5.75 Å². The molecule has 1 fully saturated rings. The van der Waals surface area contributed by atoms with Gasteiger partial charge in [-0.15, -0.1) is 0 Å². The highest BCUT2D eigenvalue weighted by atomic mass is 19.2. The highest BCUT2D eigenvalue weighted by Crippen LogP contribution is 2.40. The van der Waals surface area contributed by atoms with Crippen LogP contribution in [-0.4, -0.2) is 6.61 Å². The fraction of sp³-hybridized carbons (Fsp3) is 0.455. The molecule has 37 heavy (non-hydrogen) atoms. The number of unbranched alkanes of at least 4 members (excludes halogenated alkanes) is 2. The number of hydrogen-bond acceptors (Lipinski definition) is 1. The van der Waals surface area contributed by atoms with E-state index in [2.05, 4.69) is 6.92 Å². The fourth-order valence-electron chi connectivity index (χ4n) is 5.64. The Balaban J connectivity index is 1.33. The lowest BCUT2D eigenvalue weighted by Gasteiger charge is -2.29. The molecule has 0 aliphatic heterocycles. The topological polar surface area (TPSA) is 9.23 Å². The predicted molar refractivity (Wildman–Crippen MR) is 146 cm³/mol. The lowest BCUT2D eigenvalue weighted by molar-refractivity contribution is 0.304. The van der Waals surface area contributed by atoms with Crippen molar-refractivity contribution in [2.75, 3.05) is 6.61 Å². The Kier molecular flexibility index (Phi) is 9.71. The van der Waals surface area contributed by atoms with Gasteiger partial charge in [-0.25, -0.2) is 13.2 Å². The van der Waals surface area contributed by atoms with Gasteiger partial charge in [-0.3, -0.25) is 0 Å². The molecule has 0 N–H and O–H groups in total. The van der Waals surface area contributed by atoms with Crippen LogP contribution in [0.4, 0.5) is 13.2 Å². The van der Waals surface area contributed by atoms with E-state index in [0.29, 0.717) is 46.9 Å². The normalized spacial score (nSPS) is 17.6. The predicted octanol–water partition coefficient (Wildman–Crippen LogP) is 9.81. The number of aryl methyl sites for hydroxylation is 2. The number of ether oxygens (including phenoxy) is 1. The van der Waals surface area contributed by atoms with Crippen molar-refractivity contribution in [1.82, 2.24) is 0 Å². The largest absolute Gasteiger partial charge is 0.494 e. The molecule has 4 heteroatoms. The van der Waals surface area contributed by atoms with Crippen LogP contribution in [0, 0.1) is 23.4 Å². The van der Waals surface area contributed by atoms with Gasteiger partial charge in [0.2, 0.25) is 0 Å². The van der Waals surface area contributed by atoms with Gasteiger partial charge in [0.15, 0.2) is 11.6 Å². The second-order valence-corrected chi connectivity index (χ2v) is 10.4. The Morgan fingerprint density at radius 2 is 1.54 bits per heavy atom. The van der Waals surface area contributed by atoms with Crippen molar-refractivity contribution in [3.8, 4) is 16.9 Å². The molecular formula is C33H39F3O. The zero-order valence-electron chi connectivity index (χ0n) is 22.2. The van der Waals surface area contributed by atoms with E-state index in [4.69, 9.17) is 4.74 Å². The minimum absolute atomic E-state index is 0.0305. The maximum atomic E-state index is 15.2. The van der Waals surface area contributed by atoms with Crippen LogP contribution in [-0.2, 0) is 12.8 Å². The maximum Gasteiger partial charge on any atom is 0.166 e.